The summed E-state index contributed by atoms with van der Waals surface area (Å²) in [6.45, 7) is 11.9. The normalized spacial score (nSPS) is 13.5. The van der Waals surface area contributed by atoms with Crippen LogP contribution < -0.4 is 5.73 Å². The minimum absolute atomic E-state index is 0.592. The van der Waals surface area contributed by atoms with Crippen molar-refractivity contribution >= 4 is 0 Å². The first-order chi connectivity index (χ1) is 5.24. The van der Waals surface area contributed by atoms with Crippen molar-refractivity contribution in [1.29, 1.82) is 0 Å². The van der Waals surface area contributed by atoms with Gasteiger partial charge in [-0.25, -0.2) is 0 Å². The molecule has 0 rings (SSSR count). The fourth-order valence-corrected chi connectivity index (χ4v) is 1.03. The Kier molecular flexibility index (Phi) is 6.18. The predicted molar refractivity (Wildman–Crippen MR) is 50.5 cm³/mol. The third-order valence-electron chi connectivity index (χ3n) is 1.81. The van der Waals surface area contributed by atoms with Gasteiger partial charge in [0.05, 0.1) is 0 Å². The van der Waals surface area contributed by atoms with Crippen molar-refractivity contribution in [2.24, 2.45) is 11.7 Å². The van der Waals surface area contributed by atoms with Crippen LogP contribution in [0.15, 0.2) is 12.7 Å². The van der Waals surface area contributed by atoms with Gasteiger partial charge in [-0.3, -0.25) is 4.90 Å². The van der Waals surface area contributed by atoms with Gasteiger partial charge in [-0.15, -0.1) is 6.58 Å². The van der Waals surface area contributed by atoms with Crippen LogP contribution in [-0.2, 0) is 0 Å². The van der Waals surface area contributed by atoms with Crippen molar-refractivity contribution in [3.8, 4) is 0 Å². The molecule has 0 amide bonds. The highest BCUT2D eigenvalue weighted by atomic mass is 15.1. The molecule has 2 heteroatoms. The molecular weight excluding hydrogens is 136 g/mol. The number of hydrogen-bond donors (Lipinski definition) is 1. The second-order valence-electron chi connectivity index (χ2n) is 2.98. The SMILES string of the molecule is C=CCN(CC)CC(C)CN. The highest BCUT2D eigenvalue weighted by Gasteiger charge is 2.04. The van der Waals surface area contributed by atoms with E-state index in [0.717, 1.165) is 26.2 Å². The summed E-state index contributed by atoms with van der Waals surface area (Å²) in [7, 11) is 0. The van der Waals surface area contributed by atoms with E-state index in [9.17, 15) is 0 Å². The molecule has 1 atom stereocenters. The van der Waals surface area contributed by atoms with Gasteiger partial charge in [0, 0.05) is 13.1 Å². The van der Waals surface area contributed by atoms with Crippen LogP contribution in [0.4, 0.5) is 0 Å². The predicted octanol–water partition coefficient (Wildman–Crippen LogP) is 1.09. The van der Waals surface area contributed by atoms with E-state index in [1.807, 2.05) is 6.08 Å². The fraction of sp³-hybridized carbons (Fsp3) is 0.778. The molecule has 11 heavy (non-hydrogen) atoms. The first kappa shape index (κ1) is 10.7. The van der Waals surface area contributed by atoms with E-state index in [0.29, 0.717) is 5.92 Å². The molecule has 66 valence electrons. The van der Waals surface area contributed by atoms with E-state index >= 15 is 0 Å². The smallest absolute Gasteiger partial charge is 0.0160 e. The summed E-state index contributed by atoms with van der Waals surface area (Å²) < 4.78 is 0. The topological polar surface area (TPSA) is 29.3 Å². The Morgan fingerprint density at radius 1 is 1.64 bits per heavy atom. The minimum atomic E-state index is 0.592. The molecule has 1 unspecified atom stereocenters. The first-order valence-corrected chi connectivity index (χ1v) is 4.27. The second-order valence-corrected chi connectivity index (χ2v) is 2.98. The molecule has 0 saturated heterocycles. The summed E-state index contributed by atoms with van der Waals surface area (Å²) in [4.78, 5) is 2.34. The molecule has 0 aromatic carbocycles. The summed E-state index contributed by atoms with van der Waals surface area (Å²) in [5, 5.41) is 0. The van der Waals surface area contributed by atoms with Gasteiger partial charge < -0.3 is 5.73 Å². The fourth-order valence-electron chi connectivity index (χ4n) is 1.03. The van der Waals surface area contributed by atoms with Crippen molar-refractivity contribution in [2.45, 2.75) is 13.8 Å². The second kappa shape index (κ2) is 6.38. The molecule has 0 aliphatic rings. The molecule has 0 saturated carbocycles. The molecule has 0 heterocycles. The minimum Gasteiger partial charge on any atom is -0.330 e. The molecular formula is C9H20N2. The molecule has 0 bridgehead atoms. The highest BCUT2D eigenvalue weighted by Crippen LogP contribution is 1.97. The maximum absolute atomic E-state index is 5.52. The van der Waals surface area contributed by atoms with Gasteiger partial charge in [-0.2, -0.15) is 0 Å². The van der Waals surface area contributed by atoms with Crippen LogP contribution in [0.25, 0.3) is 0 Å². The Morgan fingerprint density at radius 3 is 2.64 bits per heavy atom. The van der Waals surface area contributed by atoms with Crippen LogP contribution in [-0.4, -0.2) is 31.1 Å². The van der Waals surface area contributed by atoms with Gasteiger partial charge in [0.25, 0.3) is 0 Å². The van der Waals surface area contributed by atoms with E-state index < -0.39 is 0 Å². The standard InChI is InChI=1S/C9H20N2/c1-4-6-11(5-2)8-9(3)7-10/h4,9H,1,5-8,10H2,2-3H3. The Balaban J connectivity index is 3.57. The van der Waals surface area contributed by atoms with Crippen LogP contribution in [0, 0.1) is 5.92 Å². The summed E-state index contributed by atoms with van der Waals surface area (Å²) in [5.41, 5.74) is 5.52. The zero-order valence-electron chi connectivity index (χ0n) is 7.71. The first-order valence-electron chi connectivity index (χ1n) is 4.27. The lowest BCUT2D eigenvalue weighted by molar-refractivity contribution is 0.276. The largest absolute Gasteiger partial charge is 0.330 e. The van der Waals surface area contributed by atoms with Crippen molar-refractivity contribution in [3.63, 3.8) is 0 Å². The molecule has 0 aromatic rings. The number of nitrogens with two attached hydrogens (primary N) is 1. The average Bonchev–Trinajstić information content (AvgIpc) is 2.03. The lowest BCUT2D eigenvalue weighted by Gasteiger charge is -2.21. The molecule has 0 aliphatic heterocycles. The van der Waals surface area contributed by atoms with Crippen molar-refractivity contribution in [2.75, 3.05) is 26.2 Å². The van der Waals surface area contributed by atoms with E-state index in [2.05, 4.69) is 25.3 Å². The van der Waals surface area contributed by atoms with Crippen LogP contribution in [0.3, 0.4) is 0 Å². The number of nitrogens with zero attached hydrogens (tertiary/aromatic N) is 1. The number of likely N-dealkylation sites (N-methyl/N-ethyl adjacent to an activating group) is 1. The number of rotatable bonds is 6. The van der Waals surface area contributed by atoms with Gasteiger partial charge in [0.15, 0.2) is 0 Å². The van der Waals surface area contributed by atoms with Crippen LogP contribution in [0.1, 0.15) is 13.8 Å². The maximum Gasteiger partial charge on any atom is 0.0160 e. The Hall–Kier alpha value is -0.340. The summed E-state index contributed by atoms with van der Waals surface area (Å²) in [5.74, 6) is 0.592. The van der Waals surface area contributed by atoms with Gasteiger partial charge >= 0.3 is 0 Å². The van der Waals surface area contributed by atoms with Gasteiger partial charge in [-0.05, 0) is 19.0 Å². The average molecular weight is 156 g/mol. The molecule has 0 fully saturated rings. The van der Waals surface area contributed by atoms with Crippen molar-refractivity contribution in [3.05, 3.63) is 12.7 Å². The van der Waals surface area contributed by atoms with E-state index in [1.165, 1.54) is 0 Å². The van der Waals surface area contributed by atoms with Gasteiger partial charge in [0.2, 0.25) is 0 Å². The van der Waals surface area contributed by atoms with Gasteiger partial charge in [-0.1, -0.05) is 19.9 Å². The zero-order valence-corrected chi connectivity index (χ0v) is 7.71. The highest BCUT2D eigenvalue weighted by molar-refractivity contribution is 4.73. The third-order valence-corrected chi connectivity index (χ3v) is 1.81. The Labute approximate surface area is 70.1 Å². The molecule has 0 radical (unpaired) electrons. The van der Waals surface area contributed by atoms with Crippen molar-refractivity contribution in [1.82, 2.24) is 4.90 Å². The van der Waals surface area contributed by atoms with E-state index in [4.69, 9.17) is 5.73 Å². The van der Waals surface area contributed by atoms with E-state index in [-0.39, 0.29) is 0 Å². The van der Waals surface area contributed by atoms with Crippen LogP contribution in [0.2, 0.25) is 0 Å². The summed E-state index contributed by atoms with van der Waals surface area (Å²) in [6, 6.07) is 0. The molecule has 2 N–H and O–H groups in total. The Morgan fingerprint density at radius 2 is 2.27 bits per heavy atom. The Bertz CT molecular complexity index is 102. The number of hydrogen-bond acceptors (Lipinski definition) is 2. The molecule has 0 spiro atoms. The van der Waals surface area contributed by atoms with Crippen LogP contribution in [0.5, 0.6) is 0 Å². The quantitative estimate of drug-likeness (QED) is 0.583. The van der Waals surface area contributed by atoms with Crippen LogP contribution >= 0.6 is 0 Å². The van der Waals surface area contributed by atoms with E-state index in [1.54, 1.807) is 0 Å². The lowest BCUT2D eigenvalue weighted by Crippen LogP contribution is -2.31. The summed E-state index contributed by atoms with van der Waals surface area (Å²) >= 11 is 0. The van der Waals surface area contributed by atoms with Gasteiger partial charge in [0.1, 0.15) is 0 Å². The maximum atomic E-state index is 5.52. The molecule has 0 aliphatic carbocycles. The third kappa shape index (κ3) is 4.99. The summed E-state index contributed by atoms with van der Waals surface area (Å²) in [6.07, 6.45) is 1.94. The lowest BCUT2D eigenvalue weighted by atomic mass is 10.2. The monoisotopic (exact) mass is 156 g/mol. The molecule has 0 aromatic heterocycles. The molecule has 2 nitrogen and oxygen atoms in total. The van der Waals surface area contributed by atoms with Crippen molar-refractivity contribution < 1.29 is 0 Å². The zero-order chi connectivity index (χ0) is 8.69.